The zero-order valence-electron chi connectivity index (χ0n) is 18.0. The van der Waals surface area contributed by atoms with Crippen molar-refractivity contribution < 1.29 is 4.74 Å². The summed E-state index contributed by atoms with van der Waals surface area (Å²) in [5.41, 5.74) is 1.22. The molecule has 1 aromatic carbocycles. The van der Waals surface area contributed by atoms with Crippen LogP contribution in [0.2, 0.25) is 0 Å². The summed E-state index contributed by atoms with van der Waals surface area (Å²) in [5.74, 6) is 1.30. The number of aliphatic imine (C=N–C) groups is 1. The van der Waals surface area contributed by atoms with Gasteiger partial charge in [-0.3, -0.25) is 9.89 Å². The largest absolute Gasteiger partial charge is 0.376 e. The van der Waals surface area contributed by atoms with Crippen molar-refractivity contribution in [3.05, 3.63) is 35.9 Å². The van der Waals surface area contributed by atoms with Gasteiger partial charge in [0.15, 0.2) is 5.96 Å². The van der Waals surface area contributed by atoms with Gasteiger partial charge in [-0.05, 0) is 24.9 Å². The van der Waals surface area contributed by atoms with E-state index in [1.807, 2.05) is 18.2 Å². The Morgan fingerprint density at radius 3 is 2.46 bits per heavy atom. The van der Waals surface area contributed by atoms with E-state index in [9.17, 15) is 0 Å². The molecule has 1 fully saturated rings. The molecule has 0 aliphatic carbocycles. The molecule has 1 aliphatic heterocycles. The van der Waals surface area contributed by atoms with Crippen LogP contribution in [0.3, 0.4) is 0 Å². The molecule has 2 rings (SSSR count). The van der Waals surface area contributed by atoms with Crippen LogP contribution in [0, 0.1) is 5.92 Å². The van der Waals surface area contributed by atoms with Crippen LogP contribution in [-0.4, -0.2) is 81.3 Å². The molecule has 0 saturated carbocycles. The lowest BCUT2D eigenvalue weighted by Gasteiger charge is -2.34. The fourth-order valence-corrected chi connectivity index (χ4v) is 3.26. The lowest BCUT2D eigenvalue weighted by Crippen LogP contribution is -2.49. The monoisotopic (exact) mass is 389 g/mol. The fourth-order valence-electron chi connectivity index (χ4n) is 3.26. The van der Waals surface area contributed by atoms with Gasteiger partial charge in [0, 0.05) is 52.4 Å². The summed E-state index contributed by atoms with van der Waals surface area (Å²) in [6, 6.07) is 10.3. The highest BCUT2D eigenvalue weighted by atomic mass is 16.5. The van der Waals surface area contributed by atoms with Gasteiger partial charge in [-0.15, -0.1) is 0 Å². The molecule has 0 bridgehead atoms. The predicted octanol–water partition coefficient (Wildman–Crippen LogP) is 2.03. The summed E-state index contributed by atoms with van der Waals surface area (Å²) in [7, 11) is 0. The van der Waals surface area contributed by atoms with Crippen molar-refractivity contribution in [3.8, 4) is 0 Å². The number of benzene rings is 1. The van der Waals surface area contributed by atoms with Crippen LogP contribution in [0.15, 0.2) is 35.3 Å². The number of nitrogens with one attached hydrogen (secondary N) is 2. The first kappa shape index (κ1) is 22.7. The maximum absolute atomic E-state index is 5.83. The SMILES string of the molecule is CCNC(=NCC(C)COCc1ccccc1)NCCN1CCN(CC)CC1. The van der Waals surface area contributed by atoms with E-state index in [1.165, 1.54) is 31.7 Å². The molecule has 28 heavy (non-hydrogen) atoms. The average Bonchev–Trinajstić information content (AvgIpc) is 2.73. The molecule has 6 nitrogen and oxygen atoms in total. The first-order valence-electron chi connectivity index (χ1n) is 10.8. The van der Waals surface area contributed by atoms with E-state index in [-0.39, 0.29) is 0 Å². The molecule has 158 valence electrons. The summed E-state index contributed by atoms with van der Waals surface area (Å²) < 4.78 is 5.83. The molecule has 1 unspecified atom stereocenters. The van der Waals surface area contributed by atoms with Crippen molar-refractivity contribution in [1.29, 1.82) is 0 Å². The second-order valence-corrected chi connectivity index (χ2v) is 7.53. The Hall–Kier alpha value is -1.63. The summed E-state index contributed by atoms with van der Waals surface area (Å²) in [6.45, 7) is 17.4. The summed E-state index contributed by atoms with van der Waals surface area (Å²) in [4.78, 5) is 9.78. The van der Waals surface area contributed by atoms with Gasteiger partial charge in [0.25, 0.3) is 0 Å². The highest BCUT2D eigenvalue weighted by Crippen LogP contribution is 2.04. The number of hydrogen-bond acceptors (Lipinski definition) is 4. The highest BCUT2D eigenvalue weighted by Gasteiger charge is 2.14. The van der Waals surface area contributed by atoms with Crippen molar-refractivity contribution in [2.24, 2.45) is 10.9 Å². The summed E-state index contributed by atoms with van der Waals surface area (Å²) in [6.07, 6.45) is 0. The van der Waals surface area contributed by atoms with Crippen LogP contribution < -0.4 is 10.6 Å². The van der Waals surface area contributed by atoms with E-state index < -0.39 is 0 Å². The Morgan fingerprint density at radius 2 is 1.79 bits per heavy atom. The summed E-state index contributed by atoms with van der Waals surface area (Å²) >= 11 is 0. The quantitative estimate of drug-likeness (QED) is 0.448. The number of rotatable bonds is 11. The minimum Gasteiger partial charge on any atom is -0.376 e. The van der Waals surface area contributed by atoms with Crippen molar-refractivity contribution >= 4 is 5.96 Å². The van der Waals surface area contributed by atoms with Gasteiger partial charge in [-0.25, -0.2) is 0 Å². The van der Waals surface area contributed by atoms with Crippen molar-refractivity contribution in [2.45, 2.75) is 27.4 Å². The van der Waals surface area contributed by atoms with Crippen LogP contribution in [0.4, 0.5) is 0 Å². The maximum Gasteiger partial charge on any atom is 0.191 e. The average molecular weight is 390 g/mol. The molecule has 2 N–H and O–H groups in total. The van der Waals surface area contributed by atoms with E-state index in [1.54, 1.807) is 0 Å². The Balaban J connectivity index is 1.63. The molecule has 0 amide bonds. The molecular weight excluding hydrogens is 350 g/mol. The van der Waals surface area contributed by atoms with E-state index in [4.69, 9.17) is 9.73 Å². The van der Waals surface area contributed by atoms with Gasteiger partial charge in [0.1, 0.15) is 0 Å². The Morgan fingerprint density at radius 1 is 1.07 bits per heavy atom. The number of nitrogens with zero attached hydrogens (tertiary/aromatic N) is 3. The molecule has 1 aliphatic rings. The normalized spacial score (nSPS) is 17.5. The second-order valence-electron chi connectivity index (χ2n) is 7.53. The zero-order valence-corrected chi connectivity index (χ0v) is 18.0. The van der Waals surface area contributed by atoms with Gasteiger partial charge < -0.3 is 20.3 Å². The van der Waals surface area contributed by atoms with E-state index >= 15 is 0 Å². The third-order valence-corrected chi connectivity index (χ3v) is 5.05. The molecule has 1 aromatic rings. The lowest BCUT2D eigenvalue weighted by atomic mass is 10.2. The third-order valence-electron chi connectivity index (χ3n) is 5.05. The minimum atomic E-state index is 0.390. The van der Waals surface area contributed by atoms with Gasteiger partial charge in [0.2, 0.25) is 0 Å². The standard InChI is InChI=1S/C22H39N5O/c1-4-23-22(24-11-12-27-15-13-26(5-2)14-16-27)25-17-20(3)18-28-19-21-9-7-6-8-10-21/h6-10,20H,4-5,11-19H2,1-3H3,(H2,23,24,25). The summed E-state index contributed by atoms with van der Waals surface area (Å²) in [5, 5.41) is 6.82. The van der Waals surface area contributed by atoms with E-state index in [0.717, 1.165) is 45.3 Å². The van der Waals surface area contributed by atoms with Crippen LogP contribution >= 0.6 is 0 Å². The third kappa shape index (κ3) is 9.04. The molecule has 0 aromatic heterocycles. The van der Waals surface area contributed by atoms with Gasteiger partial charge >= 0.3 is 0 Å². The highest BCUT2D eigenvalue weighted by molar-refractivity contribution is 5.79. The zero-order chi connectivity index (χ0) is 20.0. The molecule has 0 spiro atoms. The maximum atomic E-state index is 5.83. The number of guanidine groups is 1. The van der Waals surface area contributed by atoms with Gasteiger partial charge in [-0.1, -0.05) is 44.2 Å². The molecule has 1 saturated heterocycles. The van der Waals surface area contributed by atoms with Gasteiger partial charge in [-0.2, -0.15) is 0 Å². The van der Waals surface area contributed by atoms with E-state index in [2.05, 4.69) is 53.3 Å². The van der Waals surface area contributed by atoms with Crippen molar-refractivity contribution in [2.75, 3.05) is 65.5 Å². The molecule has 0 radical (unpaired) electrons. The van der Waals surface area contributed by atoms with Crippen molar-refractivity contribution in [1.82, 2.24) is 20.4 Å². The first-order chi connectivity index (χ1) is 13.7. The van der Waals surface area contributed by atoms with Crippen LogP contribution in [-0.2, 0) is 11.3 Å². The van der Waals surface area contributed by atoms with Crippen molar-refractivity contribution in [3.63, 3.8) is 0 Å². The number of likely N-dealkylation sites (N-methyl/N-ethyl adjacent to an activating group) is 1. The fraction of sp³-hybridized carbons (Fsp3) is 0.682. The van der Waals surface area contributed by atoms with Crippen LogP contribution in [0.5, 0.6) is 0 Å². The molecule has 6 heteroatoms. The van der Waals surface area contributed by atoms with E-state index in [0.29, 0.717) is 12.5 Å². The first-order valence-corrected chi connectivity index (χ1v) is 10.8. The number of ether oxygens (including phenoxy) is 1. The Bertz CT molecular complexity index is 543. The predicted molar refractivity (Wildman–Crippen MR) is 118 cm³/mol. The van der Waals surface area contributed by atoms with Gasteiger partial charge in [0.05, 0.1) is 13.2 Å². The molecular formula is C22H39N5O. The molecule has 1 atom stereocenters. The smallest absolute Gasteiger partial charge is 0.191 e. The topological polar surface area (TPSA) is 52.1 Å². The lowest BCUT2D eigenvalue weighted by molar-refractivity contribution is 0.0945. The Labute approximate surface area is 171 Å². The minimum absolute atomic E-state index is 0.390. The number of hydrogen-bond donors (Lipinski definition) is 2. The van der Waals surface area contributed by atoms with Crippen LogP contribution in [0.1, 0.15) is 26.3 Å². The second kappa shape index (κ2) is 13.5. The van der Waals surface area contributed by atoms with Crippen LogP contribution in [0.25, 0.3) is 0 Å². The number of piperazine rings is 1. The molecule has 1 heterocycles. The Kier molecular flexibility index (Phi) is 10.9.